The molecular weight excluding hydrogens is 370 g/mol. The Morgan fingerprint density at radius 3 is 2.94 bits per heavy atom. The van der Waals surface area contributed by atoms with Gasteiger partial charge in [0, 0.05) is 0 Å². The van der Waals surface area contributed by atoms with Gasteiger partial charge in [0.1, 0.15) is 9.21 Å². The Hall–Kier alpha value is -0.790. The molecule has 0 aromatic carbocycles. The Kier molecular flexibility index (Phi) is 4.25. The Morgan fingerprint density at radius 2 is 2.29 bits per heavy atom. The van der Waals surface area contributed by atoms with Crippen molar-refractivity contribution in [1.82, 2.24) is 9.97 Å². The monoisotopic (exact) mass is 375 g/mol. The number of nitrogens with one attached hydrogen (secondary N) is 1. The summed E-state index contributed by atoms with van der Waals surface area (Å²) in [6, 6.07) is 1.92. The zero-order chi connectivity index (χ0) is 12.3. The number of hydrogen-bond donors (Lipinski definition) is 1. The number of nitrogens with zero attached hydrogens (tertiary/aromatic N) is 2. The van der Waals surface area contributed by atoms with E-state index in [0.717, 1.165) is 5.56 Å². The van der Waals surface area contributed by atoms with Gasteiger partial charge in [-0.3, -0.25) is 4.79 Å². The molecule has 7 heteroatoms. The molecule has 88 valence electrons. The van der Waals surface area contributed by atoms with Gasteiger partial charge in [-0.2, -0.15) is 11.3 Å². The minimum absolute atomic E-state index is 0.110. The van der Waals surface area contributed by atoms with Crippen LogP contribution in [0, 0.1) is 0 Å². The van der Waals surface area contributed by atoms with E-state index < -0.39 is 0 Å². The van der Waals surface area contributed by atoms with Crippen LogP contribution < -0.4 is 5.32 Å². The summed E-state index contributed by atoms with van der Waals surface area (Å²) in [5, 5.41) is 6.59. The van der Waals surface area contributed by atoms with Crippen molar-refractivity contribution in [3.05, 3.63) is 37.8 Å². The van der Waals surface area contributed by atoms with E-state index in [2.05, 4.69) is 47.1 Å². The molecule has 17 heavy (non-hydrogen) atoms. The molecule has 0 aliphatic carbocycles. The summed E-state index contributed by atoms with van der Waals surface area (Å²) in [6.07, 6.45) is 1.87. The van der Waals surface area contributed by atoms with Gasteiger partial charge in [0.25, 0.3) is 0 Å². The zero-order valence-corrected chi connectivity index (χ0v) is 12.5. The predicted octanol–water partition coefficient (Wildman–Crippen LogP) is 3.24. The van der Waals surface area contributed by atoms with E-state index in [1.54, 1.807) is 11.3 Å². The van der Waals surface area contributed by atoms with Crippen molar-refractivity contribution in [1.29, 1.82) is 0 Å². The summed E-state index contributed by atoms with van der Waals surface area (Å²) in [7, 11) is 0. The van der Waals surface area contributed by atoms with Gasteiger partial charge in [-0.05, 0) is 54.2 Å². The molecule has 0 aliphatic heterocycles. The number of aromatic nitrogens is 2. The fourth-order valence-corrected chi connectivity index (χ4v) is 2.76. The van der Waals surface area contributed by atoms with Gasteiger partial charge in [0.2, 0.25) is 5.91 Å². The molecule has 0 unspecified atom stereocenters. The molecule has 4 nitrogen and oxygen atoms in total. The maximum Gasteiger partial charge on any atom is 0.230 e. The van der Waals surface area contributed by atoms with Crippen LogP contribution in [0.5, 0.6) is 0 Å². The second kappa shape index (κ2) is 5.70. The number of amides is 1. The average Bonchev–Trinajstić information content (AvgIpc) is 2.75. The molecule has 0 fully saturated rings. The molecule has 2 rings (SSSR count). The van der Waals surface area contributed by atoms with E-state index in [1.165, 1.54) is 6.20 Å². The maximum atomic E-state index is 11.7. The fourth-order valence-electron chi connectivity index (χ4n) is 1.19. The van der Waals surface area contributed by atoms with E-state index >= 15 is 0 Å². The van der Waals surface area contributed by atoms with E-state index in [1.807, 2.05) is 16.8 Å². The lowest BCUT2D eigenvalue weighted by Gasteiger charge is -2.05. The molecule has 0 saturated carbocycles. The molecule has 1 N–H and O–H groups in total. The van der Waals surface area contributed by atoms with Crippen LogP contribution in [0.3, 0.4) is 0 Å². The maximum absolute atomic E-state index is 11.7. The topological polar surface area (TPSA) is 54.9 Å². The number of halogens is 2. The largest absolute Gasteiger partial charge is 0.308 e. The standard InChI is InChI=1S/C10H7Br2N3OS/c11-7-4-13-10(9(12)14-7)15-8(16)3-6-1-2-17-5-6/h1-2,4-5H,3H2,(H,13,15,16). The van der Waals surface area contributed by atoms with Gasteiger partial charge in [-0.25, -0.2) is 9.97 Å². The molecule has 0 radical (unpaired) electrons. The highest BCUT2D eigenvalue weighted by atomic mass is 79.9. The van der Waals surface area contributed by atoms with Gasteiger partial charge in [0.15, 0.2) is 5.82 Å². The van der Waals surface area contributed by atoms with E-state index in [9.17, 15) is 4.79 Å². The molecular formula is C10H7Br2N3OS. The van der Waals surface area contributed by atoms with Gasteiger partial charge >= 0.3 is 0 Å². The van der Waals surface area contributed by atoms with Crippen LogP contribution in [0.1, 0.15) is 5.56 Å². The third-order valence-electron chi connectivity index (χ3n) is 1.90. The average molecular weight is 377 g/mol. The van der Waals surface area contributed by atoms with Crippen LogP contribution >= 0.6 is 43.2 Å². The SMILES string of the molecule is O=C(Cc1ccsc1)Nc1ncc(Br)nc1Br. The number of carbonyl (C=O) groups excluding carboxylic acids is 1. The second-order valence-electron chi connectivity index (χ2n) is 3.19. The molecule has 0 aliphatic rings. The fraction of sp³-hybridized carbons (Fsp3) is 0.100. The van der Waals surface area contributed by atoms with Crippen LogP contribution in [0.2, 0.25) is 0 Å². The molecule has 2 aromatic rings. The molecule has 1 amide bonds. The Balaban J connectivity index is 2.03. The molecule has 0 saturated heterocycles. The first kappa shape index (κ1) is 12.7. The molecule has 2 aromatic heterocycles. The third-order valence-corrected chi connectivity index (χ3v) is 3.57. The molecule has 0 atom stereocenters. The lowest BCUT2D eigenvalue weighted by Crippen LogP contribution is -2.15. The summed E-state index contributed by atoms with van der Waals surface area (Å²) in [6.45, 7) is 0. The number of rotatable bonds is 3. The van der Waals surface area contributed by atoms with Gasteiger partial charge in [0.05, 0.1) is 12.6 Å². The minimum atomic E-state index is -0.110. The lowest BCUT2D eigenvalue weighted by atomic mass is 10.2. The highest BCUT2D eigenvalue weighted by Gasteiger charge is 2.09. The molecule has 0 bridgehead atoms. The smallest absolute Gasteiger partial charge is 0.230 e. The first-order valence-corrected chi connectivity index (χ1v) is 7.17. The van der Waals surface area contributed by atoms with Crippen molar-refractivity contribution in [3.63, 3.8) is 0 Å². The van der Waals surface area contributed by atoms with Crippen molar-refractivity contribution in [3.8, 4) is 0 Å². The summed E-state index contributed by atoms with van der Waals surface area (Å²) < 4.78 is 1.12. The second-order valence-corrected chi connectivity index (χ2v) is 5.53. The summed E-state index contributed by atoms with van der Waals surface area (Å²) in [4.78, 5) is 19.9. The van der Waals surface area contributed by atoms with Crippen LogP contribution in [0.15, 0.2) is 32.2 Å². The van der Waals surface area contributed by atoms with E-state index in [-0.39, 0.29) is 5.91 Å². The van der Waals surface area contributed by atoms with Crippen molar-refractivity contribution in [2.24, 2.45) is 0 Å². The molecule has 2 heterocycles. The van der Waals surface area contributed by atoms with Crippen LogP contribution in [0.25, 0.3) is 0 Å². The van der Waals surface area contributed by atoms with Crippen molar-refractivity contribution >= 4 is 54.9 Å². The number of carbonyl (C=O) groups is 1. The first-order chi connectivity index (χ1) is 8.15. The quantitative estimate of drug-likeness (QED) is 0.894. The Bertz CT molecular complexity index is 530. The predicted molar refractivity (Wildman–Crippen MR) is 74.1 cm³/mol. The van der Waals surface area contributed by atoms with Gasteiger partial charge < -0.3 is 5.32 Å². The van der Waals surface area contributed by atoms with Crippen LogP contribution in [0.4, 0.5) is 5.82 Å². The first-order valence-electron chi connectivity index (χ1n) is 4.64. The third kappa shape index (κ3) is 3.58. The van der Waals surface area contributed by atoms with E-state index in [0.29, 0.717) is 21.4 Å². The Labute approximate surface area is 119 Å². The summed E-state index contributed by atoms with van der Waals surface area (Å²) >= 11 is 8.00. The van der Waals surface area contributed by atoms with Crippen molar-refractivity contribution in [2.75, 3.05) is 5.32 Å². The normalized spacial score (nSPS) is 10.2. The highest BCUT2D eigenvalue weighted by Crippen LogP contribution is 2.19. The lowest BCUT2D eigenvalue weighted by molar-refractivity contribution is -0.115. The van der Waals surface area contributed by atoms with Gasteiger partial charge in [-0.1, -0.05) is 0 Å². The highest BCUT2D eigenvalue weighted by molar-refractivity contribution is 9.11. The minimum Gasteiger partial charge on any atom is -0.308 e. The number of hydrogen-bond acceptors (Lipinski definition) is 4. The van der Waals surface area contributed by atoms with Crippen LogP contribution in [-0.2, 0) is 11.2 Å². The van der Waals surface area contributed by atoms with Crippen LogP contribution in [-0.4, -0.2) is 15.9 Å². The summed E-state index contributed by atoms with van der Waals surface area (Å²) in [5.74, 6) is 0.314. The van der Waals surface area contributed by atoms with Gasteiger partial charge in [-0.15, -0.1) is 0 Å². The summed E-state index contributed by atoms with van der Waals surface area (Å²) in [5.41, 5.74) is 0.994. The van der Waals surface area contributed by atoms with Crippen molar-refractivity contribution < 1.29 is 4.79 Å². The number of thiophene rings is 1. The molecule has 0 spiro atoms. The van der Waals surface area contributed by atoms with E-state index in [4.69, 9.17) is 0 Å². The number of anilines is 1. The van der Waals surface area contributed by atoms with Crippen molar-refractivity contribution in [2.45, 2.75) is 6.42 Å². The Morgan fingerprint density at radius 1 is 1.47 bits per heavy atom. The zero-order valence-electron chi connectivity index (χ0n) is 8.48.